The van der Waals surface area contributed by atoms with Crippen molar-refractivity contribution in [1.82, 2.24) is 10.3 Å². The number of nitrogens with zero attached hydrogens (tertiary/aromatic N) is 2. The minimum atomic E-state index is -0.508. The van der Waals surface area contributed by atoms with Crippen molar-refractivity contribution < 1.29 is 19.1 Å². The second-order valence-electron chi connectivity index (χ2n) is 6.71. The molecule has 1 unspecified atom stereocenters. The van der Waals surface area contributed by atoms with Gasteiger partial charge in [-0.15, -0.1) is 0 Å². The molecule has 152 valence electrons. The monoisotopic (exact) mass is 396 g/mol. The zero-order chi connectivity index (χ0) is 21.1. The number of carbonyl (C=O) groups excluding carboxylic acids is 2. The number of methoxy groups -OCH3 is 2. The fourth-order valence-electron chi connectivity index (χ4n) is 3.34. The fraction of sp³-hybridized carbons (Fsp3) is 0.286. The SMILES string of the molecule is CNC(=O)N1N=C(c2ccc(C(N)=O)cc2)c2cc(OC)c(OC)cc2CC1C. The second kappa shape index (κ2) is 8.22. The smallest absolute Gasteiger partial charge is 0.337 e. The average molecular weight is 396 g/mol. The predicted octanol–water partition coefficient (Wildman–Crippen LogP) is 2.14. The van der Waals surface area contributed by atoms with E-state index in [2.05, 4.69) is 10.4 Å². The Morgan fingerprint density at radius 1 is 1.14 bits per heavy atom. The molecule has 0 saturated heterocycles. The molecule has 0 spiro atoms. The van der Waals surface area contributed by atoms with Gasteiger partial charge < -0.3 is 20.5 Å². The van der Waals surface area contributed by atoms with Gasteiger partial charge in [-0.2, -0.15) is 5.10 Å². The van der Waals surface area contributed by atoms with Crippen molar-refractivity contribution in [3.8, 4) is 11.5 Å². The molecule has 0 fully saturated rings. The van der Waals surface area contributed by atoms with E-state index in [0.717, 1.165) is 16.7 Å². The zero-order valence-corrected chi connectivity index (χ0v) is 16.9. The first-order valence-electron chi connectivity index (χ1n) is 9.14. The molecule has 8 nitrogen and oxygen atoms in total. The van der Waals surface area contributed by atoms with Crippen molar-refractivity contribution in [2.75, 3.05) is 21.3 Å². The summed E-state index contributed by atoms with van der Waals surface area (Å²) in [6.45, 7) is 1.93. The highest BCUT2D eigenvalue weighted by Gasteiger charge is 2.28. The second-order valence-corrected chi connectivity index (χ2v) is 6.71. The molecular formula is C21H24N4O4. The number of primary amides is 1. The molecule has 3 amide bonds. The number of urea groups is 1. The summed E-state index contributed by atoms with van der Waals surface area (Å²) in [5.41, 5.74) is 8.87. The number of amides is 3. The minimum absolute atomic E-state index is 0.186. The van der Waals surface area contributed by atoms with E-state index in [1.165, 1.54) is 5.01 Å². The number of carbonyl (C=O) groups is 2. The minimum Gasteiger partial charge on any atom is -0.493 e. The summed E-state index contributed by atoms with van der Waals surface area (Å²) in [5.74, 6) is 0.663. The quantitative estimate of drug-likeness (QED) is 0.826. The number of fused-ring (bicyclic) bond motifs is 1. The third kappa shape index (κ3) is 3.87. The maximum absolute atomic E-state index is 12.4. The third-order valence-electron chi connectivity index (χ3n) is 4.87. The Morgan fingerprint density at radius 2 is 1.76 bits per heavy atom. The molecule has 2 aromatic carbocycles. The van der Waals surface area contributed by atoms with Gasteiger partial charge in [0.15, 0.2) is 11.5 Å². The summed E-state index contributed by atoms with van der Waals surface area (Å²) in [6, 6.07) is 10.1. The lowest BCUT2D eigenvalue weighted by atomic mass is 9.93. The molecule has 0 bridgehead atoms. The van der Waals surface area contributed by atoms with Gasteiger partial charge in [-0.05, 0) is 43.2 Å². The van der Waals surface area contributed by atoms with Crippen molar-refractivity contribution >= 4 is 17.6 Å². The Hall–Kier alpha value is -3.55. The van der Waals surface area contributed by atoms with Crippen molar-refractivity contribution in [3.63, 3.8) is 0 Å². The van der Waals surface area contributed by atoms with Gasteiger partial charge in [-0.25, -0.2) is 9.80 Å². The van der Waals surface area contributed by atoms with E-state index in [1.54, 1.807) is 45.5 Å². The summed E-state index contributed by atoms with van der Waals surface area (Å²) in [4.78, 5) is 23.9. The molecule has 3 N–H and O–H groups in total. The van der Waals surface area contributed by atoms with Crippen LogP contribution in [0.2, 0.25) is 0 Å². The van der Waals surface area contributed by atoms with Crippen molar-refractivity contribution in [3.05, 3.63) is 58.7 Å². The highest BCUT2D eigenvalue weighted by atomic mass is 16.5. The van der Waals surface area contributed by atoms with Crippen molar-refractivity contribution in [2.24, 2.45) is 10.8 Å². The zero-order valence-electron chi connectivity index (χ0n) is 16.9. The van der Waals surface area contributed by atoms with Crippen LogP contribution in [0.5, 0.6) is 11.5 Å². The van der Waals surface area contributed by atoms with Gasteiger partial charge >= 0.3 is 6.03 Å². The molecule has 1 atom stereocenters. The molecule has 1 heterocycles. The van der Waals surface area contributed by atoms with Crippen LogP contribution in [0.15, 0.2) is 41.5 Å². The van der Waals surface area contributed by atoms with Gasteiger partial charge in [0.1, 0.15) is 0 Å². The Labute approximate surface area is 169 Å². The van der Waals surface area contributed by atoms with Crippen LogP contribution in [0.25, 0.3) is 0 Å². The normalized spacial score (nSPS) is 15.7. The highest BCUT2D eigenvalue weighted by molar-refractivity contribution is 6.14. The van der Waals surface area contributed by atoms with Gasteiger partial charge in [0.2, 0.25) is 5.91 Å². The first kappa shape index (κ1) is 20.2. The highest BCUT2D eigenvalue weighted by Crippen LogP contribution is 2.34. The predicted molar refractivity (Wildman–Crippen MR) is 110 cm³/mol. The molecule has 0 saturated carbocycles. The summed E-state index contributed by atoms with van der Waals surface area (Å²) >= 11 is 0. The lowest BCUT2D eigenvalue weighted by molar-refractivity contribution is 0.1000. The maximum atomic E-state index is 12.4. The molecule has 0 aliphatic carbocycles. The first-order valence-corrected chi connectivity index (χ1v) is 9.14. The summed E-state index contributed by atoms with van der Waals surface area (Å²) in [6.07, 6.45) is 0.579. The van der Waals surface area contributed by atoms with Crippen LogP contribution in [0.3, 0.4) is 0 Å². The molecule has 2 aromatic rings. The van der Waals surface area contributed by atoms with E-state index in [0.29, 0.717) is 29.2 Å². The van der Waals surface area contributed by atoms with E-state index in [-0.39, 0.29) is 12.1 Å². The molecule has 0 radical (unpaired) electrons. The van der Waals surface area contributed by atoms with E-state index >= 15 is 0 Å². The molecule has 29 heavy (non-hydrogen) atoms. The molecule has 8 heteroatoms. The van der Waals surface area contributed by atoms with E-state index in [1.807, 2.05) is 19.1 Å². The number of hydrogen-bond acceptors (Lipinski definition) is 5. The maximum Gasteiger partial charge on any atom is 0.337 e. The van der Waals surface area contributed by atoms with Crippen LogP contribution < -0.4 is 20.5 Å². The van der Waals surface area contributed by atoms with E-state index in [9.17, 15) is 9.59 Å². The van der Waals surface area contributed by atoms with Gasteiger partial charge in [-0.3, -0.25) is 4.79 Å². The topological polar surface area (TPSA) is 106 Å². The lowest BCUT2D eigenvalue weighted by Crippen LogP contribution is -2.41. The molecular weight excluding hydrogens is 372 g/mol. The molecule has 0 aromatic heterocycles. The van der Waals surface area contributed by atoms with Gasteiger partial charge in [0.25, 0.3) is 0 Å². The van der Waals surface area contributed by atoms with Crippen molar-refractivity contribution in [2.45, 2.75) is 19.4 Å². The fourth-order valence-corrected chi connectivity index (χ4v) is 3.34. The van der Waals surface area contributed by atoms with Crippen LogP contribution in [0.1, 0.15) is 34.0 Å². The average Bonchev–Trinajstić information content (AvgIpc) is 2.87. The number of benzene rings is 2. The summed E-state index contributed by atoms with van der Waals surface area (Å²) < 4.78 is 10.9. The first-order chi connectivity index (χ1) is 13.9. The number of nitrogens with two attached hydrogens (primary N) is 1. The standard InChI is InChI=1S/C21H24N4O4/c1-12-9-15-10-17(28-3)18(29-4)11-16(15)19(24-25(12)21(27)23-2)13-5-7-14(8-6-13)20(22)26/h5-8,10-12H,9H2,1-4H3,(H2,22,26)(H,23,27). The Bertz CT molecular complexity index is 969. The van der Waals surface area contributed by atoms with E-state index < -0.39 is 5.91 Å². The molecule has 1 aliphatic heterocycles. The van der Waals surface area contributed by atoms with Crippen LogP contribution in [0, 0.1) is 0 Å². The number of hydrazone groups is 1. The Morgan fingerprint density at radius 3 is 2.31 bits per heavy atom. The van der Waals surface area contributed by atoms with Gasteiger partial charge in [-0.1, -0.05) is 12.1 Å². The number of hydrogen-bond donors (Lipinski definition) is 2. The number of nitrogens with one attached hydrogen (secondary N) is 1. The summed E-state index contributed by atoms with van der Waals surface area (Å²) in [5, 5.41) is 8.73. The molecule has 3 rings (SSSR count). The van der Waals surface area contributed by atoms with Crippen LogP contribution in [-0.2, 0) is 6.42 Å². The van der Waals surface area contributed by atoms with Crippen LogP contribution >= 0.6 is 0 Å². The third-order valence-corrected chi connectivity index (χ3v) is 4.87. The number of ether oxygens (including phenoxy) is 2. The van der Waals surface area contributed by atoms with Gasteiger partial charge in [0, 0.05) is 23.7 Å². The lowest BCUT2D eigenvalue weighted by Gasteiger charge is -2.22. The number of rotatable bonds is 4. The summed E-state index contributed by atoms with van der Waals surface area (Å²) in [7, 11) is 4.72. The van der Waals surface area contributed by atoms with Gasteiger partial charge in [0.05, 0.1) is 26.0 Å². The molecule has 1 aliphatic rings. The van der Waals surface area contributed by atoms with Crippen LogP contribution in [-0.4, -0.2) is 50.0 Å². The van der Waals surface area contributed by atoms with Crippen LogP contribution in [0.4, 0.5) is 4.79 Å². The Kier molecular flexibility index (Phi) is 5.72. The van der Waals surface area contributed by atoms with E-state index in [4.69, 9.17) is 15.2 Å². The largest absolute Gasteiger partial charge is 0.493 e. The Balaban J connectivity index is 2.22. The van der Waals surface area contributed by atoms with Crippen molar-refractivity contribution in [1.29, 1.82) is 0 Å².